The van der Waals surface area contributed by atoms with Crippen LogP contribution >= 0.6 is 11.8 Å². The fourth-order valence-corrected chi connectivity index (χ4v) is 4.74. The van der Waals surface area contributed by atoms with E-state index in [-0.39, 0.29) is 11.8 Å². The molecule has 0 unspecified atom stereocenters. The van der Waals surface area contributed by atoms with Gasteiger partial charge < -0.3 is 10.6 Å². The van der Waals surface area contributed by atoms with E-state index >= 15 is 0 Å². The molecule has 2 amide bonds. The summed E-state index contributed by atoms with van der Waals surface area (Å²) in [5.41, 5.74) is 2.68. The van der Waals surface area contributed by atoms with E-state index < -0.39 is 0 Å². The third-order valence-corrected chi connectivity index (χ3v) is 6.61. The number of fused-ring (bicyclic) bond motifs is 1. The van der Waals surface area contributed by atoms with Gasteiger partial charge in [-0.1, -0.05) is 30.3 Å². The fraction of sp³-hybridized carbons (Fsp3) is 0.391. The van der Waals surface area contributed by atoms with Crippen molar-refractivity contribution in [2.24, 2.45) is 0 Å². The van der Waals surface area contributed by atoms with Gasteiger partial charge in [0.05, 0.1) is 5.69 Å². The maximum absolute atomic E-state index is 12.5. The molecule has 1 fully saturated rings. The number of anilines is 1. The number of carbonyl (C=O) groups is 2. The molecule has 0 aromatic heterocycles. The Labute approximate surface area is 182 Å². The smallest absolute Gasteiger partial charge is 0.251 e. The third kappa shape index (κ3) is 5.62. The van der Waals surface area contributed by atoms with E-state index in [1.807, 2.05) is 12.1 Å². The maximum atomic E-state index is 12.5. The zero-order valence-electron chi connectivity index (χ0n) is 17.1. The van der Waals surface area contributed by atoms with Crippen LogP contribution in [0.2, 0.25) is 0 Å². The summed E-state index contributed by atoms with van der Waals surface area (Å²) in [5, 5.41) is 5.91. The number of piperazine rings is 1. The summed E-state index contributed by atoms with van der Waals surface area (Å²) >= 11 is 1.65. The van der Waals surface area contributed by atoms with Crippen LogP contribution in [0.1, 0.15) is 22.3 Å². The van der Waals surface area contributed by atoms with Gasteiger partial charge in [-0.15, -0.1) is 11.8 Å². The predicted molar refractivity (Wildman–Crippen MR) is 121 cm³/mol. The van der Waals surface area contributed by atoms with Gasteiger partial charge in [-0.25, -0.2) is 0 Å². The topological polar surface area (TPSA) is 64.7 Å². The average Bonchev–Trinajstić information content (AvgIpc) is 2.95. The molecule has 2 aliphatic rings. The van der Waals surface area contributed by atoms with Crippen molar-refractivity contribution in [1.82, 2.24) is 15.1 Å². The van der Waals surface area contributed by atoms with Crippen LogP contribution in [0.15, 0.2) is 53.4 Å². The second kappa shape index (κ2) is 10.1. The Morgan fingerprint density at radius 2 is 1.80 bits per heavy atom. The minimum absolute atomic E-state index is 0.00483. The van der Waals surface area contributed by atoms with Crippen LogP contribution in [0.3, 0.4) is 0 Å². The van der Waals surface area contributed by atoms with Crippen molar-refractivity contribution in [3.05, 3.63) is 59.7 Å². The lowest BCUT2D eigenvalue weighted by Crippen LogP contribution is -2.48. The molecule has 30 heavy (non-hydrogen) atoms. The molecule has 2 heterocycles. The van der Waals surface area contributed by atoms with Crippen molar-refractivity contribution in [2.45, 2.75) is 17.9 Å². The largest absolute Gasteiger partial charge is 0.351 e. The normalized spacial score (nSPS) is 17.7. The molecule has 0 saturated carbocycles. The van der Waals surface area contributed by atoms with Crippen LogP contribution in [0, 0.1) is 0 Å². The van der Waals surface area contributed by atoms with Gasteiger partial charge in [-0.3, -0.25) is 19.4 Å². The summed E-state index contributed by atoms with van der Waals surface area (Å²) in [6.45, 7) is 6.60. The van der Waals surface area contributed by atoms with Crippen molar-refractivity contribution in [1.29, 1.82) is 0 Å². The first kappa shape index (κ1) is 20.9. The molecule has 7 heteroatoms. The van der Waals surface area contributed by atoms with Gasteiger partial charge in [-0.2, -0.15) is 0 Å². The Kier molecular flexibility index (Phi) is 7.04. The van der Waals surface area contributed by atoms with Crippen molar-refractivity contribution >= 4 is 29.3 Å². The highest BCUT2D eigenvalue weighted by Crippen LogP contribution is 2.31. The first-order chi connectivity index (χ1) is 14.7. The highest BCUT2D eigenvalue weighted by Gasteiger charge is 2.18. The molecular weight excluding hydrogens is 396 g/mol. The van der Waals surface area contributed by atoms with E-state index in [1.165, 1.54) is 5.56 Å². The van der Waals surface area contributed by atoms with E-state index in [1.54, 1.807) is 17.8 Å². The Bertz CT molecular complexity index is 882. The molecular formula is C23H28N4O2S. The van der Waals surface area contributed by atoms with E-state index in [2.05, 4.69) is 50.8 Å². The summed E-state index contributed by atoms with van der Waals surface area (Å²) in [5.74, 6) is 0.678. The van der Waals surface area contributed by atoms with Crippen LogP contribution in [0.25, 0.3) is 0 Å². The molecule has 0 bridgehead atoms. The number of amides is 2. The van der Waals surface area contributed by atoms with Gasteiger partial charge in [-0.05, 0) is 23.8 Å². The summed E-state index contributed by atoms with van der Waals surface area (Å²) < 4.78 is 0. The Morgan fingerprint density at radius 1 is 1.03 bits per heavy atom. The summed E-state index contributed by atoms with van der Waals surface area (Å²) in [4.78, 5) is 30.2. The van der Waals surface area contributed by atoms with Gasteiger partial charge in [0.15, 0.2) is 0 Å². The fourth-order valence-electron chi connectivity index (χ4n) is 3.80. The van der Waals surface area contributed by atoms with E-state index in [9.17, 15) is 9.59 Å². The zero-order chi connectivity index (χ0) is 20.8. The van der Waals surface area contributed by atoms with Crippen molar-refractivity contribution in [2.75, 3.05) is 50.3 Å². The van der Waals surface area contributed by atoms with Crippen molar-refractivity contribution in [3.8, 4) is 0 Å². The molecule has 2 N–H and O–H groups in total. The molecule has 6 nitrogen and oxygen atoms in total. The summed E-state index contributed by atoms with van der Waals surface area (Å²) in [6, 6.07) is 16.1. The molecule has 0 atom stereocenters. The summed E-state index contributed by atoms with van der Waals surface area (Å²) in [6.07, 6.45) is 0.499. The third-order valence-electron chi connectivity index (χ3n) is 5.53. The summed E-state index contributed by atoms with van der Waals surface area (Å²) in [7, 11) is 0. The Hall–Kier alpha value is -2.35. The zero-order valence-corrected chi connectivity index (χ0v) is 17.9. The molecule has 2 aromatic rings. The molecule has 2 aromatic carbocycles. The maximum Gasteiger partial charge on any atom is 0.251 e. The highest BCUT2D eigenvalue weighted by molar-refractivity contribution is 7.99. The minimum Gasteiger partial charge on any atom is -0.351 e. The monoisotopic (exact) mass is 424 g/mol. The average molecular weight is 425 g/mol. The Balaban J connectivity index is 1.20. The number of hydrogen-bond donors (Lipinski definition) is 2. The van der Waals surface area contributed by atoms with Crippen LogP contribution < -0.4 is 10.6 Å². The van der Waals surface area contributed by atoms with Gasteiger partial charge in [0.2, 0.25) is 5.91 Å². The number of nitrogens with one attached hydrogen (secondary N) is 2. The van der Waals surface area contributed by atoms with E-state index in [0.29, 0.717) is 18.5 Å². The SMILES string of the molecule is O=C1CCSc2ccc(C(=O)NCCN3CCN(Cc4ccccc4)CC3)cc2N1. The predicted octanol–water partition coefficient (Wildman–Crippen LogP) is 2.67. The molecule has 0 spiro atoms. The number of nitrogens with zero attached hydrogens (tertiary/aromatic N) is 2. The van der Waals surface area contributed by atoms with Crippen molar-refractivity contribution < 1.29 is 9.59 Å². The number of benzene rings is 2. The van der Waals surface area contributed by atoms with Gasteiger partial charge in [0.25, 0.3) is 5.91 Å². The van der Waals surface area contributed by atoms with Gasteiger partial charge in [0.1, 0.15) is 0 Å². The van der Waals surface area contributed by atoms with Crippen molar-refractivity contribution in [3.63, 3.8) is 0 Å². The second-order valence-corrected chi connectivity index (χ2v) is 8.85. The van der Waals surface area contributed by atoms with Crippen LogP contribution in [-0.4, -0.2) is 66.6 Å². The second-order valence-electron chi connectivity index (χ2n) is 7.72. The van der Waals surface area contributed by atoms with Crippen LogP contribution in [-0.2, 0) is 11.3 Å². The quantitative estimate of drug-likeness (QED) is 0.747. The molecule has 0 radical (unpaired) electrons. The van der Waals surface area contributed by atoms with Gasteiger partial charge in [0, 0.05) is 68.4 Å². The standard InChI is InChI=1S/C23H28N4O2S/c28-22-8-15-30-21-7-6-19(16-20(21)25-22)23(29)24-9-10-26-11-13-27(14-12-26)17-18-4-2-1-3-5-18/h1-7,16H,8-15,17H2,(H,24,29)(H,25,28). The number of carbonyl (C=O) groups excluding carboxylic acids is 2. The lowest BCUT2D eigenvalue weighted by atomic mass is 10.2. The van der Waals surface area contributed by atoms with E-state index in [0.717, 1.165) is 55.6 Å². The number of hydrogen-bond acceptors (Lipinski definition) is 5. The molecule has 4 rings (SSSR count). The first-order valence-electron chi connectivity index (χ1n) is 10.5. The van der Waals surface area contributed by atoms with Crippen LogP contribution in [0.4, 0.5) is 5.69 Å². The van der Waals surface area contributed by atoms with Gasteiger partial charge >= 0.3 is 0 Å². The molecule has 0 aliphatic carbocycles. The first-order valence-corrected chi connectivity index (χ1v) is 11.5. The number of rotatable bonds is 6. The molecule has 2 aliphatic heterocycles. The molecule has 1 saturated heterocycles. The highest BCUT2D eigenvalue weighted by atomic mass is 32.2. The van der Waals surface area contributed by atoms with Crippen LogP contribution in [0.5, 0.6) is 0 Å². The lowest BCUT2D eigenvalue weighted by Gasteiger charge is -2.34. The lowest BCUT2D eigenvalue weighted by molar-refractivity contribution is -0.115. The van der Waals surface area contributed by atoms with E-state index in [4.69, 9.17) is 0 Å². The molecule has 158 valence electrons. The Morgan fingerprint density at radius 3 is 2.60 bits per heavy atom. The minimum atomic E-state index is -0.0935. The number of thioether (sulfide) groups is 1.